The largest absolute Gasteiger partial charge is 0.415 e. The van der Waals surface area contributed by atoms with E-state index in [1.165, 1.54) is 22.9 Å². The summed E-state index contributed by atoms with van der Waals surface area (Å²) < 4.78 is 31.1. The summed E-state index contributed by atoms with van der Waals surface area (Å²) in [4.78, 5) is 20.3. The van der Waals surface area contributed by atoms with Crippen molar-refractivity contribution in [2.45, 2.75) is 19.9 Å². The Morgan fingerprint density at radius 1 is 1.30 bits per heavy atom. The number of nitrogens with zero attached hydrogens (tertiary/aromatic N) is 5. The Morgan fingerprint density at radius 2 is 2.13 bits per heavy atom. The molecule has 3 aromatic rings. The maximum Gasteiger partial charge on any atom is 0.314 e. The standard InChI is InChI=1S/C14H11F2N5O2/c1-8-17-4-2-10(18-8)7-21-5-3-9(6-11(21)22)13-19-20-14(23-13)12(15)16/h2-6,12H,7H2,1H3. The minimum absolute atomic E-state index is 0.123. The fourth-order valence-corrected chi connectivity index (χ4v) is 1.98. The molecule has 0 saturated heterocycles. The molecule has 0 unspecified atom stereocenters. The van der Waals surface area contributed by atoms with E-state index in [2.05, 4.69) is 20.2 Å². The SMILES string of the molecule is Cc1nccc(Cn2ccc(-c3nnc(C(F)F)o3)cc2=O)n1. The molecule has 0 aliphatic heterocycles. The van der Waals surface area contributed by atoms with Gasteiger partial charge in [-0.1, -0.05) is 0 Å². The van der Waals surface area contributed by atoms with E-state index in [4.69, 9.17) is 4.42 Å². The Labute approximate surface area is 128 Å². The second-order valence-corrected chi connectivity index (χ2v) is 4.72. The third-order valence-electron chi connectivity index (χ3n) is 3.04. The number of aryl methyl sites for hydroxylation is 1. The maximum atomic E-state index is 12.4. The highest BCUT2D eigenvalue weighted by molar-refractivity contribution is 5.50. The van der Waals surface area contributed by atoms with Crippen LogP contribution in [0.2, 0.25) is 0 Å². The third-order valence-corrected chi connectivity index (χ3v) is 3.04. The Hall–Kier alpha value is -2.97. The molecule has 3 rings (SSSR count). The normalized spacial score (nSPS) is 11.1. The second kappa shape index (κ2) is 6.03. The molecule has 3 aromatic heterocycles. The third kappa shape index (κ3) is 3.28. The van der Waals surface area contributed by atoms with Gasteiger partial charge in [-0.2, -0.15) is 8.78 Å². The van der Waals surface area contributed by atoms with Gasteiger partial charge >= 0.3 is 6.43 Å². The van der Waals surface area contributed by atoms with Crippen LogP contribution < -0.4 is 5.56 Å². The van der Waals surface area contributed by atoms with Gasteiger partial charge in [-0.05, 0) is 19.1 Å². The molecule has 118 valence electrons. The van der Waals surface area contributed by atoms with Crippen LogP contribution in [-0.2, 0) is 6.54 Å². The minimum atomic E-state index is -2.85. The van der Waals surface area contributed by atoms with E-state index >= 15 is 0 Å². The Bertz CT molecular complexity index is 891. The predicted molar refractivity (Wildman–Crippen MR) is 74.8 cm³/mol. The van der Waals surface area contributed by atoms with E-state index in [-0.39, 0.29) is 23.6 Å². The lowest BCUT2D eigenvalue weighted by Gasteiger charge is -2.05. The van der Waals surface area contributed by atoms with Crippen molar-refractivity contribution in [3.8, 4) is 11.5 Å². The van der Waals surface area contributed by atoms with Gasteiger partial charge in [0.05, 0.1) is 12.2 Å². The van der Waals surface area contributed by atoms with Crippen LogP contribution in [0.15, 0.2) is 39.8 Å². The van der Waals surface area contributed by atoms with Crippen molar-refractivity contribution in [2.24, 2.45) is 0 Å². The van der Waals surface area contributed by atoms with E-state index in [9.17, 15) is 13.6 Å². The highest BCUT2D eigenvalue weighted by Crippen LogP contribution is 2.22. The molecule has 0 bridgehead atoms. The first-order valence-electron chi connectivity index (χ1n) is 6.64. The summed E-state index contributed by atoms with van der Waals surface area (Å²) >= 11 is 0. The molecule has 0 radical (unpaired) electrons. The number of pyridine rings is 1. The molecular weight excluding hydrogens is 308 g/mol. The van der Waals surface area contributed by atoms with Gasteiger partial charge in [0.15, 0.2) is 0 Å². The average Bonchev–Trinajstić information content (AvgIpc) is 2.99. The van der Waals surface area contributed by atoms with Crippen LogP contribution in [0.25, 0.3) is 11.5 Å². The summed E-state index contributed by atoms with van der Waals surface area (Å²) in [6.45, 7) is 2.03. The van der Waals surface area contributed by atoms with Crippen LogP contribution in [0.5, 0.6) is 0 Å². The molecule has 0 saturated carbocycles. The van der Waals surface area contributed by atoms with Gasteiger partial charge in [0, 0.05) is 24.0 Å². The van der Waals surface area contributed by atoms with Crippen molar-refractivity contribution >= 4 is 0 Å². The molecule has 0 amide bonds. The number of aromatic nitrogens is 5. The zero-order valence-electron chi connectivity index (χ0n) is 12.0. The average molecular weight is 319 g/mol. The van der Waals surface area contributed by atoms with Gasteiger partial charge < -0.3 is 8.98 Å². The first-order chi connectivity index (χ1) is 11.0. The molecule has 3 heterocycles. The molecule has 0 aromatic carbocycles. The molecule has 23 heavy (non-hydrogen) atoms. The summed E-state index contributed by atoms with van der Waals surface area (Å²) in [6, 6.07) is 4.50. The van der Waals surface area contributed by atoms with Gasteiger partial charge in [-0.3, -0.25) is 4.79 Å². The van der Waals surface area contributed by atoms with Crippen LogP contribution in [0.1, 0.15) is 23.8 Å². The van der Waals surface area contributed by atoms with Crippen LogP contribution >= 0.6 is 0 Å². The van der Waals surface area contributed by atoms with Crippen molar-refractivity contribution in [2.75, 3.05) is 0 Å². The highest BCUT2D eigenvalue weighted by Gasteiger charge is 2.17. The molecule has 0 aliphatic rings. The van der Waals surface area contributed by atoms with E-state index in [1.54, 1.807) is 19.2 Å². The predicted octanol–water partition coefficient (Wildman–Crippen LogP) is 1.98. The van der Waals surface area contributed by atoms with Crippen molar-refractivity contribution in [3.63, 3.8) is 0 Å². The van der Waals surface area contributed by atoms with E-state index in [1.807, 2.05) is 0 Å². The first-order valence-corrected chi connectivity index (χ1v) is 6.64. The first kappa shape index (κ1) is 14.9. The van der Waals surface area contributed by atoms with Gasteiger partial charge in [-0.25, -0.2) is 9.97 Å². The topological polar surface area (TPSA) is 86.7 Å². The minimum Gasteiger partial charge on any atom is -0.415 e. The summed E-state index contributed by atoms with van der Waals surface area (Å²) in [6.07, 6.45) is 0.278. The Kier molecular flexibility index (Phi) is 3.92. The van der Waals surface area contributed by atoms with E-state index in [0.29, 0.717) is 11.5 Å². The molecule has 7 nitrogen and oxygen atoms in total. The van der Waals surface area contributed by atoms with Crippen molar-refractivity contribution in [1.82, 2.24) is 24.7 Å². The quantitative estimate of drug-likeness (QED) is 0.731. The number of alkyl halides is 2. The number of hydrogen-bond donors (Lipinski definition) is 0. The summed E-state index contributed by atoms with van der Waals surface area (Å²) in [5, 5.41) is 6.74. The van der Waals surface area contributed by atoms with E-state index in [0.717, 1.165) is 0 Å². The monoisotopic (exact) mass is 319 g/mol. The zero-order chi connectivity index (χ0) is 16.4. The summed E-state index contributed by atoms with van der Waals surface area (Å²) in [5.41, 5.74) is 0.630. The summed E-state index contributed by atoms with van der Waals surface area (Å²) in [5.74, 6) is -0.291. The van der Waals surface area contributed by atoms with Crippen molar-refractivity contribution in [1.29, 1.82) is 0 Å². The van der Waals surface area contributed by atoms with Crippen LogP contribution in [0.4, 0.5) is 8.78 Å². The lowest BCUT2D eigenvalue weighted by atomic mass is 10.2. The summed E-state index contributed by atoms with van der Waals surface area (Å²) in [7, 11) is 0. The highest BCUT2D eigenvalue weighted by atomic mass is 19.3. The van der Waals surface area contributed by atoms with Gasteiger partial charge in [-0.15, -0.1) is 10.2 Å². The number of rotatable bonds is 4. The lowest BCUT2D eigenvalue weighted by Crippen LogP contribution is -2.19. The fourth-order valence-electron chi connectivity index (χ4n) is 1.98. The smallest absolute Gasteiger partial charge is 0.314 e. The van der Waals surface area contributed by atoms with Crippen LogP contribution in [0, 0.1) is 6.92 Å². The second-order valence-electron chi connectivity index (χ2n) is 4.72. The Morgan fingerprint density at radius 3 is 2.78 bits per heavy atom. The molecule has 0 atom stereocenters. The number of halogens is 2. The molecule has 0 fully saturated rings. The van der Waals surface area contributed by atoms with Gasteiger partial charge in [0.25, 0.3) is 11.4 Å². The van der Waals surface area contributed by atoms with Gasteiger partial charge in [0.2, 0.25) is 5.89 Å². The van der Waals surface area contributed by atoms with Gasteiger partial charge in [0.1, 0.15) is 5.82 Å². The van der Waals surface area contributed by atoms with Crippen LogP contribution in [0.3, 0.4) is 0 Å². The van der Waals surface area contributed by atoms with E-state index < -0.39 is 12.3 Å². The Balaban J connectivity index is 1.87. The molecule has 9 heteroatoms. The lowest BCUT2D eigenvalue weighted by molar-refractivity contribution is 0.116. The zero-order valence-corrected chi connectivity index (χ0v) is 12.0. The molecule has 0 aliphatic carbocycles. The number of hydrogen-bond acceptors (Lipinski definition) is 6. The molecule has 0 N–H and O–H groups in total. The molecular formula is C14H11F2N5O2. The van der Waals surface area contributed by atoms with Crippen molar-refractivity contribution in [3.05, 3.63) is 58.4 Å². The van der Waals surface area contributed by atoms with Crippen LogP contribution in [-0.4, -0.2) is 24.7 Å². The fraction of sp³-hybridized carbons (Fsp3) is 0.214. The maximum absolute atomic E-state index is 12.4. The van der Waals surface area contributed by atoms with Crippen molar-refractivity contribution < 1.29 is 13.2 Å². The molecule has 0 spiro atoms.